The Balaban J connectivity index is 1.75. The van der Waals surface area contributed by atoms with Gasteiger partial charge in [0, 0.05) is 17.5 Å². The molecule has 1 aliphatic rings. The van der Waals surface area contributed by atoms with Gasteiger partial charge in [0.1, 0.15) is 24.2 Å². The van der Waals surface area contributed by atoms with Gasteiger partial charge in [-0.2, -0.15) is 12.7 Å². The number of oxime groups is 1. The van der Waals surface area contributed by atoms with Crippen LogP contribution in [0.2, 0.25) is 0 Å². The minimum Gasteiger partial charge on any atom is -0.467 e. The third-order valence-corrected chi connectivity index (χ3v) is 7.15. The number of non-ortho nitro benzene ring substituents is 1. The molecule has 0 spiro atoms. The number of β-lactam (4-membered cyclic amide) rings is 1. The highest BCUT2D eigenvalue weighted by molar-refractivity contribution is 7.84. The van der Waals surface area contributed by atoms with Crippen LogP contribution >= 0.6 is 22.9 Å². The van der Waals surface area contributed by atoms with Crippen LogP contribution in [0.25, 0.3) is 0 Å². The summed E-state index contributed by atoms with van der Waals surface area (Å²) in [5.74, 6) is -5.93. The fourth-order valence-electron chi connectivity index (χ4n) is 3.29. The Bertz CT molecular complexity index is 1580. The molecule has 2 aromatic rings. The molecule has 2 unspecified atom stereocenters. The van der Waals surface area contributed by atoms with Crippen molar-refractivity contribution in [3.8, 4) is 0 Å². The zero-order valence-electron chi connectivity index (χ0n) is 21.5. The molecule has 43 heavy (non-hydrogen) atoms. The van der Waals surface area contributed by atoms with Gasteiger partial charge in [-0.05, 0) is 17.7 Å². The summed E-state index contributed by atoms with van der Waals surface area (Å²) in [4.78, 5) is 80.2. The first-order valence-electron chi connectivity index (χ1n) is 11.4. The fraction of sp³-hybridized carbons (Fsp3) is 0.286. The Morgan fingerprint density at radius 1 is 1.26 bits per heavy atom. The van der Waals surface area contributed by atoms with Crippen molar-refractivity contribution in [2.45, 2.75) is 18.7 Å². The van der Waals surface area contributed by atoms with Gasteiger partial charge in [-0.3, -0.25) is 29.1 Å². The molecule has 1 saturated heterocycles. The number of amides is 3. The van der Waals surface area contributed by atoms with Gasteiger partial charge in [-0.1, -0.05) is 5.16 Å². The van der Waals surface area contributed by atoms with Crippen molar-refractivity contribution in [1.82, 2.24) is 14.6 Å². The molecule has 230 valence electrons. The van der Waals surface area contributed by atoms with E-state index >= 15 is 0 Å². The Kier molecular flexibility index (Phi) is 10.6. The largest absolute Gasteiger partial charge is 0.467 e. The average molecular weight is 663 g/mol. The molecule has 19 nitrogen and oxygen atoms in total. The van der Waals surface area contributed by atoms with Crippen LogP contribution in [0.15, 0.2) is 34.8 Å². The van der Waals surface area contributed by atoms with E-state index in [-0.39, 0.29) is 27.4 Å². The fourth-order valence-corrected chi connectivity index (χ4v) is 4.90. The maximum atomic E-state index is 13.1. The van der Waals surface area contributed by atoms with Crippen molar-refractivity contribution in [1.29, 1.82) is 0 Å². The van der Waals surface area contributed by atoms with Crippen LogP contribution in [-0.4, -0.2) is 94.2 Å². The van der Waals surface area contributed by atoms with E-state index in [1.54, 1.807) is 0 Å². The summed E-state index contributed by atoms with van der Waals surface area (Å²) in [5, 5.41) is 19.9. The van der Waals surface area contributed by atoms with Gasteiger partial charge in [0.15, 0.2) is 16.9 Å². The highest BCUT2D eigenvalue weighted by atomic mass is 35.5. The molecular weight excluding hydrogens is 644 g/mol. The second-order valence-corrected chi connectivity index (χ2v) is 10.5. The van der Waals surface area contributed by atoms with Gasteiger partial charge in [-0.15, -0.1) is 22.9 Å². The molecule has 0 radical (unpaired) electrons. The van der Waals surface area contributed by atoms with Gasteiger partial charge >= 0.3 is 22.2 Å². The number of alkyl halides is 1. The molecule has 3 N–H and O–H groups in total. The molecule has 1 fully saturated rings. The van der Waals surface area contributed by atoms with E-state index < -0.39 is 75.2 Å². The molecule has 3 rings (SSSR count). The molecule has 1 aliphatic heterocycles. The molecule has 0 aliphatic carbocycles. The number of thiazole rings is 1. The molecule has 1 aromatic carbocycles. The number of rotatable bonds is 13. The highest BCUT2D eigenvalue weighted by Gasteiger charge is 2.58. The van der Waals surface area contributed by atoms with E-state index in [2.05, 4.69) is 25.5 Å². The van der Waals surface area contributed by atoms with Crippen LogP contribution in [0.5, 0.6) is 0 Å². The van der Waals surface area contributed by atoms with Gasteiger partial charge in [-0.25, -0.2) is 14.6 Å². The molecule has 1 aromatic heterocycles. The van der Waals surface area contributed by atoms with Crippen molar-refractivity contribution >= 4 is 79.4 Å². The van der Waals surface area contributed by atoms with E-state index in [1.165, 1.54) is 29.6 Å². The normalized spacial score (nSPS) is 16.5. The quantitative estimate of drug-likeness (QED) is 0.0458. The smallest absolute Gasteiger partial charge is 0.363 e. The number of carbonyl (C=O) groups excluding carboxylic acids is 5. The molecule has 22 heteroatoms. The van der Waals surface area contributed by atoms with Crippen molar-refractivity contribution < 1.29 is 56.2 Å². The highest BCUT2D eigenvalue weighted by Crippen LogP contribution is 2.25. The molecule has 2 atom stereocenters. The molecule has 3 amide bonds. The number of halogens is 1. The zero-order chi connectivity index (χ0) is 31.9. The van der Waals surface area contributed by atoms with Gasteiger partial charge < -0.3 is 24.9 Å². The van der Waals surface area contributed by atoms with Crippen LogP contribution in [-0.2, 0) is 55.2 Å². The second kappa shape index (κ2) is 14.0. The number of esters is 2. The molecular formula is C21H19ClN6O13S2. The van der Waals surface area contributed by atoms with E-state index in [0.29, 0.717) is 5.56 Å². The van der Waals surface area contributed by atoms with Crippen molar-refractivity contribution in [2.24, 2.45) is 5.16 Å². The number of hydrogen-bond donors (Lipinski definition) is 3. The Hall–Kier alpha value is -4.73. The molecule has 0 bridgehead atoms. The number of nitrogens with zero attached hydrogens (tertiary/aromatic N) is 4. The second-order valence-electron chi connectivity index (χ2n) is 8.05. The lowest BCUT2D eigenvalue weighted by molar-refractivity contribution is -0.384. The van der Waals surface area contributed by atoms with Crippen molar-refractivity contribution in [3.63, 3.8) is 0 Å². The van der Waals surface area contributed by atoms with Crippen molar-refractivity contribution in [2.75, 3.05) is 24.9 Å². The third-order valence-electron chi connectivity index (χ3n) is 5.24. The first kappa shape index (κ1) is 32.8. The number of ether oxygens (including phenoxy) is 2. The topological polar surface area (TPSA) is 263 Å². The number of hydrogen-bond acceptors (Lipinski definition) is 15. The SMILES string of the molecule is COC(=O)C1C(NC(=O)/C(=N\OCC(=O)OCc2ccc([N+](=O)[O-])cc2)c2csc(NC(=O)CCl)n2)C(=O)N1S(=O)(=O)O. The number of nitrogens with one attached hydrogen (secondary N) is 2. The number of methoxy groups -OCH3 is 1. The lowest BCUT2D eigenvalue weighted by Crippen LogP contribution is -2.74. The lowest BCUT2D eigenvalue weighted by atomic mass is 9.98. The van der Waals surface area contributed by atoms with Crippen LogP contribution in [0.3, 0.4) is 0 Å². The van der Waals surface area contributed by atoms with E-state index in [4.69, 9.17) is 21.2 Å². The van der Waals surface area contributed by atoms with Crippen LogP contribution in [0.4, 0.5) is 10.8 Å². The van der Waals surface area contributed by atoms with E-state index in [1.807, 2.05) is 0 Å². The number of anilines is 1. The average Bonchev–Trinajstić information content (AvgIpc) is 3.42. The van der Waals surface area contributed by atoms with Crippen molar-refractivity contribution in [3.05, 3.63) is 51.0 Å². The Morgan fingerprint density at radius 2 is 1.93 bits per heavy atom. The lowest BCUT2D eigenvalue weighted by Gasteiger charge is -2.41. The van der Waals surface area contributed by atoms with E-state index in [0.717, 1.165) is 18.4 Å². The first-order chi connectivity index (χ1) is 20.3. The number of aromatic nitrogens is 1. The number of nitro groups is 1. The summed E-state index contributed by atoms with van der Waals surface area (Å²) in [5.41, 5.74) is -0.689. The monoisotopic (exact) mass is 662 g/mol. The third kappa shape index (κ3) is 8.18. The summed E-state index contributed by atoms with van der Waals surface area (Å²) < 4.78 is 41.5. The number of benzene rings is 1. The standard InChI is InChI=1S/C21H19ClN6O13S2/c1-39-20(33)17-16(19(32)27(17)43(36,37)38)25-18(31)15(12-9-42-21(23-12)24-13(29)6-22)26-41-8-14(30)40-7-10-2-4-11(5-3-10)28(34)35/h2-5,9,16-17H,6-8H2,1H3,(H,25,31)(H,23,24,29)(H,36,37,38)/b26-15-. The predicted octanol–water partition coefficient (Wildman–Crippen LogP) is -0.636. The summed E-state index contributed by atoms with van der Waals surface area (Å²) in [7, 11) is -4.32. The number of carbonyl (C=O) groups is 5. The van der Waals surface area contributed by atoms with Crippen LogP contribution in [0.1, 0.15) is 11.3 Å². The maximum absolute atomic E-state index is 13.1. The van der Waals surface area contributed by atoms with E-state index in [9.17, 15) is 47.1 Å². The summed E-state index contributed by atoms with van der Waals surface area (Å²) in [6, 6.07) is 1.36. The Labute approximate surface area is 249 Å². The zero-order valence-corrected chi connectivity index (χ0v) is 23.9. The Morgan fingerprint density at radius 3 is 2.51 bits per heavy atom. The van der Waals surface area contributed by atoms with Crippen LogP contribution in [0, 0.1) is 10.1 Å². The first-order valence-corrected chi connectivity index (χ1v) is 14.2. The minimum absolute atomic E-state index is 0.0339. The summed E-state index contributed by atoms with van der Waals surface area (Å²) in [6.45, 7) is -1.14. The minimum atomic E-state index is -5.19. The van der Waals surface area contributed by atoms with Gasteiger partial charge in [0.25, 0.3) is 17.5 Å². The van der Waals surface area contributed by atoms with Gasteiger partial charge in [0.05, 0.1) is 12.0 Å². The predicted molar refractivity (Wildman–Crippen MR) is 143 cm³/mol. The van der Waals surface area contributed by atoms with Gasteiger partial charge in [0.2, 0.25) is 12.5 Å². The molecule has 2 heterocycles. The van der Waals surface area contributed by atoms with Crippen LogP contribution < -0.4 is 10.6 Å². The summed E-state index contributed by atoms with van der Waals surface area (Å²) >= 11 is 6.27. The number of nitro benzene ring substituents is 1. The molecule has 0 saturated carbocycles. The summed E-state index contributed by atoms with van der Waals surface area (Å²) in [6.07, 6.45) is 0. The maximum Gasteiger partial charge on any atom is 0.363 e.